The molecule has 0 heterocycles. The van der Waals surface area contributed by atoms with E-state index >= 15 is 0 Å². The number of unbranched alkanes of at least 4 members (excludes halogenated alkanes) is 16. The maximum Gasteiger partial charge on any atom is 0.0901 e. The lowest BCUT2D eigenvalue weighted by molar-refractivity contribution is 0.175. The first-order valence-electron chi connectivity index (χ1n) is 16.4. The fraction of sp³-hybridized carbons (Fsp3) is 0.829. The van der Waals surface area contributed by atoms with Crippen LogP contribution in [0.4, 0.5) is 0 Å². The summed E-state index contributed by atoms with van der Waals surface area (Å²) < 4.78 is 5.93. The van der Waals surface area contributed by atoms with Crippen LogP contribution in [0.1, 0.15) is 155 Å². The summed E-state index contributed by atoms with van der Waals surface area (Å²) in [5.74, 6) is 0.731. The van der Waals surface area contributed by atoms with Crippen molar-refractivity contribution in [1.82, 2.24) is 4.90 Å². The molecule has 0 aromatic carbocycles. The monoisotopic (exact) mass is 518 g/mol. The van der Waals surface area contributed by atoms with Gasteiger partial charge in [0.25, 0.3) is 0 Å². The number of nitrogens with zero attached hydrogens (tertiary/aromatic N) is 1. The second-order valence-corrected chi connectivity index (χ2v) is 11.5. The summed E-state index contributed by atoms with van der Waals surface area (Å²) in [6, 6.07) is 0. The third-order valence-electron chi connectivity index (χ3n) is 7.27. The molecule has 0 aromatic rings. The standard InChI is InChI=1S/C35H67NO/c1-5-7-9-11-13-15-16-17-18-19-20-21-22-24-26-28-31-35(34-37-33-29-32-36(3)4)30-27-25-23-14-12-10-8-6-2/h13,15,17-18,29,33,35H,5-12,14,16,19-28,30-32,34H2,1-4H3/b15-13-,18-17-,33-29+. The number of ether oxygens (including phenoxy) is 1. The SMILES string of the molecule is CCCCC/C=C\C/C=C\CCCCCCCCC(CCCCCCCCCC)CO/C=C/CN(C)C. The molecule has 2 heteroatoms. The van der Waals surface area contributed by atoms with Crippen LogP contribution in [-0.2, 0) is 4.74 Å². The zero-order valence-corrected chi connectivity index (χ0v) is 25.9. The Labute approximate surface area is 234 Å². The van der Waals surface area contributed by atoms with Crippen molar-refractivity contribution in [1.29, 1.82) is 0 Å². The summed E-state index contributed by atoms with van der Waals surface area (Å²) in [7, 11) is 4.20. The van der Waals surface area contributed by atoms with Crippen molar-refractivity contribution in [2.45, 2.75) is 155 Å². The van der Waals surface area contributed by atoms with E-state index in [-0.39, 0.29) is 0 Å². The molecule has 218 valence electrons. The molecule has 1 atom stereocenters. The molecule has 0 saturated carbocycles. The predicted octanol–water partition coefficient (Wildman–Crippen LogP) is 11.4. The van der Waals surface area contributed by atoms with Crippen LogP contribution in [0, 0.1) is 5.92 Å². The summed E-state index contributed by atoms with van der Waals surface area (Å²) in [6.45, 7) is 6.42. The highest BCUT2D eigenvalue weighted by Crippen LogP contribution is 2.20. The minimum Gasteiger partial charge on any atom is -0.501 e. The normalized spacial score (nSPS) is 13.1. The summed E-state index contributed by atoms with van der Waals surface area (Å²) in [5.41, 5.74) is 0. The van der Waals surface area contributed by atoms with Gasteiger partial charge >= 0.3 is 0 Å². The van der Waals surface area contributed by atoms with E-state index in [4.69, 9.17) is 4.74 Å². The lowest BCUT2D eigenvalue weighted by Gasteiger charge is -2.16. The van der Waals surface area contributed by atoms with Crippen LogP contribution < -0.4 is 0 Å². The van der Waals surface area contributed by atoms with Gasteiger partial charge in [-0.2, -0.15) is 0 Å². The molecule has 0 bridgehead atoms. The van der Waals surface area contributed by atoms with Crippen LogP contribution >= 0.6 is 0 Å². The van der Waals surface area contributed by atoms with Crippen LogP contribution in [0.2, 0.25) is 0 Å². The average molecular weight is 518 g/mol. The minimum atomic E-state index is 0.731. The van der Waals surface area contributed by atoms with Crippen molar-refractivity contribution >= 4 is 0 Å². The van der Waals surface area contributed by atoms with Gasteiger partial charge in [0.15, 0.2) is 0 Å². The maximum atomic E-state index is 5.93. The Morgan fingerprint density at radius 1 is 0.541 bits per heavy atom. The van der Waals surface area contributed by atoms with Crippen LogP contribution in [0.25, 0.3) is 0 Å². The van der Waals surface area contributed by atoms with E-state index in [0.29, 0.717) is 0 Å². The molecule has 0 radical (unpaired) electrons. The van der Waals surface area contributed by atoms with E-state index in [1.54, 1.807) is 0 Å². The molecule has 0 aromatic heterocycles. The second kappa shape index (κ2) is 31.2. The third-order valence-corrected chi connectivity index (χ3v) is 7.27. The zero-order chi connectivity index (χ0) is 27.1. The van der Waals surface area contributed by atoms with Gasteiger partial charge in [-0.1, -0.05) is 134 Å². The predicted molar refractivity (Wildman–Crippen MR) is 168 cm³/mol. The molecular formula is C35H67NO. The van der Waals surface area contributed by atoms with Gasteiger partial charge in [-0.3, -0.25) is 0 Å². The van der Waals surface area contributed by atoms with Crippen molar-refractivity contribution in [3.8, 4) is 0 Å². The van der Waals surface area contributed by atoms with Gasteiger partial charge in [0.05, 0.1) is 12.9 Å². The van der Waals surface area contributed by atoms with Crippen molar-refractivity contribution in [2.75, 3.05) is 27.2 Å². The smallest absolute Gasteiger partial charge is 0.0901 e. The van der Waals surface area contributed by atoms with Gasteiger partial charge in [-0.25, -0.2) is 0 Å². The molecule has 2 nitrogen and oxygen atoms in total. The van der Waals surface area contributed by atoms with Crippen LogP contribution in [0.5, 0.6) is 0 Å². The lowest BCUT2D eigenvalue weighted by atomic mass is 9.94. The molecule has 0 fully saturated rings. The van der Waals surface area contributed by atoms with Crippen molar-refractivity contribution in [2.24, 2.45) is 5.92 Å². The lowest BCUT2D eigenvalue weighted by Crippen LogP contribution is -2.11. The van der Waals surface area contributed by atoms with E-state index in [1.165, 1.54) is 135 Å². The Morgan fingerprint density at radius 2 is 1.00 bits per heavy atom. The highest BCUT2D eigenvalue weighted by atomic mass is 16.5. The molecule has 0 saturated heterocycles. The number of hydrogen-bond acceptors (Lipinski definition) is 2. The number of allylic oxidation sites excluding steroid dienone is 4. The Balaban J connectivity index is 3.85. The van der Waals surface area contributed by atoms with E-state index in [9.17, 15) is 0 Å². The van der Waals surface area contributed by atoms with Crippen LogP contribution in [0.3, 0.4) is 0 Å². The van der Waals surface area contributed by atoms with Crippen molar-refractivity contribution < 1.29 is 4.74 Å². The minimum absolute atomic E-state index is 0.731. The fourth-order valence-electron chi connectivity index (χ4n) is 4.81. The van der Waals surface area contributed by atoms with Gasteiger partial charge in [0.1, 0.15) is 0 Å². The highest BCUT2D eigenvalue weighted by Gasteiger charge is 2.09. The molecule has 0 N–H and O–H groups in total. The summed E-state index contributed by atoms with van der Waals surface area (Å²) in [4.78, 5) is 2.17. The topological polar surface area (TPSA) is 12.5 Å². The van der Waals surface area contributed by atoms with E-state index in [2.05, 4.69) is 63.2 Å². The molecule has 0 rings (SSSR count). The first-order chi connectivity index (χ1) is 18.2. The van der Waals surface area contributed by atoms with Crippen molar-refractivity contribution in [3.05, 3.63) is 36.6 Å². The zero-order valence-electron chi connectivity index (χ0n) is 25.9. The quantitative estimate of drug-likeness (QED) is 0.0555. The van der Waals surface area contributed by atoms with Gasteiger partial charge in [0, 0.05) is 6.54 Å². The van der Waals surface area contributed by atoms with E-state index in [1.807, 2.05) is 6.26 Å². The maximum absolute atomic E-state index is 5.93. The van der Waals surface area contributed by atoms with Gasteiger partial charge in [0.2, 0.25) is 0 Å². The summed E-state index contributed by atoms with van der Waals surface area (Å²) in [6.07, 6.45) is 43.4. The van der Waals surface area contributed by atoms with Crippen molar-refractivity contribution in [3.63, 3.8) is 0 Å². The first-order valence-corrected chi connectivity index (χ1v) is 16.4. The van der Waals surface area contributed by atoms with E-state index < -0.39 is 0 Å². The molecule has 37 heavy (non-hydrogen) atoms. The number of rotatable bonds is 29. The molecule has 0 aliphatic carbocycles. The Hall–Kier alpha value is -1.02. The average Bonchev–Trinajstić information content (AvgIpc) is 2.89. The summed E-state index contributed by atoms with van der Waals surface area (Å²) in [5, 5.41) is 0. The van der Waals surface area contributed by atoms with E-state index in [0.717, 1.165) is 25.5 Å². The largest absolute Gasteiger partial charge is 0.501 e. The highest BCUT2D eigenvalue weighted by molar-refractivity contribution is 4.92. The van der Waals surface area contributed by atoms with Crippen LogP contribution in [0.15, 0.2) is 36.6 Å². The third kappa shape index (κ3) is 31.1. The molecule has 0 amide bonds. The van der Waals surface area contributed by atoms with Gasteiger partial charge in [-0.15, -0.1) is 0 Å². The van der Waals surface area contributed by atoms with Crippen LogP contribution in [-0.4, -0.2) is 32.1 Å². The molecular weight excluding hydrogens is 450 g/mol. The van der Waals surface area contributed by atoms with Gasteiger partial charge in [-0.05, 0) is 71.0 Å². The summed E-state index contributed by atoms with van der Waals surface area (Å²) >= 11 is 0. The fourth-order valence-corrected chi connectivity index (χ4v) is 4.81. The van der Waals surface area contributed by atoms with Gasteiger partial charge < -0.3 is 9.64 Å². The molecule has 1 unspecified atom stereocenters. The second-order valence-electron chi connectivity index (χ2n) is 11.5. The Bertz CT molecular complexity index is 507. The molecule has 0 aliphatic heterocycles. The molecule has 0 spiro atoms. The number of likely N-dealkylation sites (N-methyl/N-ethyl adjacent to an activating group) is 1. The first kappa shape index (κ1) is 36.0. The number of hydrogen-bond donors (Lipinski definition) is 0. The Kier molecular flexibility index (Phi) is 30.3. The Morgan fingerprint density at radius 3 is 1.54 bits per heavy atom. The molecule has 0 aliphatic rings.